The van der Waals surface area contributed by atoms with E-state index in [1.807, 2.05) is 13.8 Å². The molecule has 30 heavy (non-hydrogen) atoms. The maximum Gasteiger partial charge on any atom is 0.411 e. The van der Waals surface area contributed by atoms with Crippen molar-refractivity contribution in [3.05, 3.63) is 0 Å². The number of nitrogens with zero attached hydrogens (tertiary/aromatic N) is 1. The Morgan fingerprint density at radius 1 is 1.07 bits per heavy atom. The highest BCUT2D eigenvalue weighted by atomic mass is 28.4. The fraction of sp³-hybridized carbons (Fsp3) is 0.870. The summed E-state index contributed by atoms with van der Waals surface area (Å²) in [7, 11) is -2.04. The van der Waals surface area contributed by atoms with Gasteiger partial charge in [-0.25, -0.2) is 4.79 Å². The normalized spacial score (nSPS) is 23.1. The Bertz CT molecular complexity index is 645. The number of Topliss-reactive ketones (excluding diaryl/α,β-unsaturated/α-hetero) is 2. The molecule has 1 rings (SSSR count). The molecule has 174 valence electrons. The minimum absolute atomic E-state index is 0.0246. The molecule has 3 atom stereocenters. The van der Waals surface area contributed by atoms with Gasteiger partial charge in [0.1, 0.15) is 5.60 Å². The van der Waals surface area contributed by atoms with E-state index in [1.54, 1.807) is 20.8 Å². The van der Waals surface area contributed by atoms with E-state index < -0.39 is 32.1 Å². The van der Waals surface area contributed by atoms with Gasteiger partial charge in [-0.15, -0.1) is 0 Å². The zero-order valence-electron chi connectivity index (χ0n) is 20.9. The number of ketones is 2. The van der Waals surface area contributed by atoms with E-state index in [0.717, 1.165) is 0 Å². The standard InChI is InChI=1S/C23H43NO5Si/c1-15(2)12-19(26)20-17(14-28-30(10,11)23(7,8)9)13-18(16(3)25)24(20)21(27)29-22(4,5)6/h15,17-18,20H,12-14H2,1-11H3/t17-,18+,20-/m0/s1. The number of hydrogen-bond acceptors (Lipinski definition) is 5. The molecule has 1 aliphatic heterocycles. The molecule has 1 fully saturated rings. The van der Waals surface area contributed by atoms with Gasteiger partial charge in [-0.3, -0.25) is 14.5 Å². The van der Waals surface area contributed by atoms with Gasteiger partial charge in [-0.05, 0) is 58.2 Å². The van der Waals surface area contributed by atoms with Crippen molar-refractivity contribution >= 4 is 26.0 Å². The second-order valence-electron chi connectivity index (χ2n) is 11.6. The van der Waals surface area contributed by atoms with Crippen LogP contribution in [-0.2, 0) is 18.8 Å². The molecule has 1 saturated heterocycles. The van der Waals surface area contributed by atoms with Crippen LogP contribution >= 0.6 is 0 Å². The van der Waals surface area contributed by atoms with Crippen molar-refractivity contribution in [2.45, 2.75) is 111 Å². The summed E-state index contributed by atoms with van der Waals surface area (Å²) in [6.45, 7) is 22.0. The number of rotatable bonds is 7. The van der Waals surface area contributed by atoms with Crippen LogP contribution in [-0.4, -0.2) is 55.2 Å². The minimum atomic E-state index is -2.04. The molecule has 0 N–H and O–H groups in total. The van der Waals surface area contributed by atoms with E-state index >= 15 is 0 Å². The van der Waals surface area contributed by atoms with Crippen molar-refractivity contribution in [2.24, 2.45) is 11.8 Å². The van der Waals surface area contributed by atoms with Crippen molar-refractivity contribution in [2.75, 3.05) is 6.61 Å². The van der Waals surface area contributed by atoms with Crippen LogP contribution in [0.1, 0.15) is 75.2 Å². The highest BCUT2D eigenvalue weighted by Gasteiger charge is 2.51. The van der Waals surface area contributed by atoms with E-state index in [2.05, 4.69) is 33.9 Å². The van der Waals surface area contributed by atoms with Gasteiger partial charge in [-0.1, -0.05) is 34.6 Å². The molecule has 0 saturated carbocycles. The smallest absolute Gasteiger partial charge is 0.411 e. The summed E-state index contributed by atoms with van der Waals surface area (Å²) in [5, 5.41) is 0.0356. The lowest BCUT2D eigenvalue weighted by molar-refractivity contribution is -0.127. The number of carbonyl (C=O) groups excluding carboxylic acids is 3. The molecule has 0 unspecified atom stereocenters. The molecule has 1 aliphatic rings. The summed E-state index contributed by atoms with van der Waals surface area (Å²) < 4.78 is 12.0. The summed E-state index contributed by atoms with van der Waals surface area (Å²) in [6.07, 6.45) is 0.183. The number of amides is 1. The number of likely N-dealkylation sites (tertiary alicyclic amines) is 1. The second-order valence-corrected chi connectivity index (χ2v) is 16.4. The van der Waals surface area contributed by atoms with E-state index in [4.69, 9.17) is 9.16 Å². The number of hydrogen-bond donors (Lipinski definition) is 0. The summed E-state index contributed by atoms with van der Waals surface area (Å²) in [5.41, 5.74) is -0.709. The fourth-order valence-electron chi connectivity index (χ4n) is 3.50. The van der Waals surface area contributed by atoms with Gasteiger partial charge in [0, 0.05) is 18.9 Å². The molecule has 7 heteroatoms. The Labute approximate surface area is 184 Å². The zero-order chi connectivity index (χ0) is 23.7. The quantitative estimate of drug-likeness (QED) is 0.507. The van der Waals surface area contributed by atoms with Crippen molar-refractivity contribution in [3.8, 4) is 0 Å². The van der Waals surface area contributed by atoms with Crippen LogP contribution in [0, 0.1) is 11.8 Å². The number of carbonyl (C=O) groups is 3. The van der Waals surface area contributed by atoms with E-state index in [-0.39, 0.29) is 28.4 Å². The predicted octanol–water partition coefficient (Wildman–Crippen LogP) is 5.21. The molecule has 0 bridgehead atoms. The van der Waals surface area contributed by atoms with Gasteiger partial charge in [0.05, 0.1) is 12.1 Å². The van der Waals surface area contributed by atoms with E-state index in [9.17, 15) is 14.4 Å². The summed E-state index contributed by atoms with van der Waals surface area (Å²) in [6, 6.07) is -1.35. The first-order chi connectivity index (χ1) is 13.4. The first-order valence-electron chi connectivity index (χ1n) is 11.1. The Morgan fingerprint density at radius 3 is 2.00 bits per heavy atom. The first-order valence-corrected chi connectivity index (χ1v) is 14.0. The van der Waals surface area contributed by atoms with Gasteiger partial charge >= 0.3 is 6.09 Å². The van der Waals surface area contributed by atoms with Crippen LogP contribution < -0.4 is 0 Å². The Balaban J connectivity index is 3.27. The fourth-order valence-corrected chi connectivity index (χ4v) is 4.56. The van der Waals surface area contributed by atoms with Crippen LogP contribution in [0.15, 0.2) is 0 Å². The molecule has 0 spiro atoms. The predicted molar refractivity (Wildman–Crippen MR) is 122 cm³/mol. The van der Waals surface area contributed by atoms with Crippen LogP contribution in [0.25, 0.3) is 0 Å². The Kier molecular flexibility index (Phi) is 8.50. The monoisotopic (exact) mass is 441 g/mol. The zero-order valence-corrected chi connectivity index (χ0v) is 21.9. The van der Waals surface area contributed by atoms with Crippen molar-refractivity contribution in [1.82, 2.24) is 4.90 Å². The van der Waals surface area contributed by atoms with Crippen LogP contribution in [0.2, 0.25) is 18.1 Å². The molecule has 6 nitrogen and oxygen atoms in total. The highest BCUT2D eigenvalue weighted by molar-refractivity contribution is 6.74. The molecule has 1 heterocycles. The lowest BCUT2D eigenvalue weighted by Crippen LogP contribution is -2.51. The highest BCUT2D eigenvalue weighted by Crippen LogP contribution is 2.39. The average molecular weight is 442 g/mol. The van der Waals surface area contributed by atoms with Crippen molar-refractivity contribution in [3.63, 3.8) is 0 Å². The average Bonchev–Trinajstić information content (AvgIpc) is 2.89. The Hall–Kier alpha value is -1.21. The van der Waals surface area contributed by atoms with Crippen LogP contribution in [0.4, 0.5) is 4.79 Å². The third-order valence-electron chi connectivity index (χ3n) is 6.09. The van der Waals surface area contributed by atoms with Gasteiger partial charge in [0.15, 0.2) is 19.9 Å². The molecule has 1 amide bonds. The minimum Gasteiger partial charge on any atom is -0.444 e. The van der Waals surface area contributed by atoms with Crippen molar-refractivity contribution < 1.29 is 23.5 Å². The largest absolute Gasteiger partial charge is 0.444 e. The number of ether oxygens (including phenoxy) is 1. The second kappa shape index (κ2) is 9.51. The molecule has 0 radical (unpaired) electrons. The Morgan fingerprint density at radius 2 is 1.60 bits per heavy atom. The van der Waals surface area contributed by atoms with Gasteiger partial charge < -0.3 is 9.16 Å². The van der Waals surface area contributed by atoms with E-state index in [0.29, 0.717) is 19.4 Å². The summed E-state index contributed by atoms with van der Waals surface area (Å²) in [5.74, 6) is -0.204. The maximum absolute atomic E-state index is 13.2. The lowest BCUT2D eigenvalue weighted by Gasteiger charge is -2.38. The molecule has 0 aliphatic carbocycles. The molecular formula is C23H43NO5Si. The first kappa shape index (κ1) is 26.8. The van der Waals surface area contributed by atoms with E-state index in [1.165, 1.54) is 11.8 Å². The van der Waals surface area contributed by atoms with Gasteiger partial charge in [0.25, 0.3) is 0 Å². The maximum atomic E-state index is 13.2. The molecule has 0 aromatic heterocycles. The lowest BCUT2D eigenvalue weighted by atomic mass is 9.92. The van der Waals surface area contributed by atoms with Crippen molar-refractivity contribution in [1.29, 1.82) is 0 Å². The SMILES string of the molecule is CC(=O)[C@H]1C[C@@H](CO[Si](C)(C)C(C)(C)C)[C@@H](C(=O)CC(C)C)N1C(=O)OC(C)(C)C. The topological polar surface area (TPSA) is 72.9 Å². The van der Waals surface area contributed by atoms with Gasteiger partial charge in [-0.2, -0.15) is 0 Å². The molecule has 0 aromatic carbocycles. The molecular weight excluding hydrogens is 398 g/mol. The summed E-state index contributed by atoms with van der Waals surface area (Å²) >= 11 is 0. The third kappa shape index (κ3) is 6.91. The van der Waals surface area contributed by atoms with Gasteiger partial charge in [0.2, 0.25) is 0 Å². The summed E-state index contributed by atoms with van der Waals surface area (Å²) in [4.78, 5) is 40.1. The van der Waals surface area contributed by atoms with Crippen LogP contribution in [0.5, 0.6) is 0 Å². The molecule has 0 aromatic rings. The van der Waals surface area contributed by atoms with Crippen LogP contribution in [0.3, 0.4) is 0 Å². The third-order valence-corrected chi connectivity index (χ3v) is 10.6.